The zero-order chi connectivity index (χ0) is 27.7. The number of rotatable bonds is 5. The first-order valence-electron chi connectivity index (χ1n) is 14.3. The maximum Gasteiger partial charge on any atom is 0.394 e. The molecular formula is C26H39F6N5O2. The molecule has 4 aliphatic heterocycles. The average Bonchev–Trinajstić information content (AvgIpc) is 3.36. The number of hydrazine groups is 1. The molecule has 6 rings (SSSR count). The van der Waals surface area contributed by atoms with E-state index in [0.29, 0.717) is 19.1 Å². The third-order valence-electron chi connectivity index (χ3n) is 10.9. The van der Waals surface area contributed by atoms with Gasteiger partial charge in [0.05, 0.1) is 37.9 Å². The lowest BCUT2D eigenvalue weighted by atomic mass is 9.64. The van der Waals surface area contributed by atoms with Gasteiger partial charge in [0, 0.05) is 43.1 Å². The second-order valence-corrected chi connectivity index (χ2v) is 13.1. The van der Waals surface area contributed by atoms with Crippen molar-refractivity contribution in [3.05, 3.63) is 0 Å². The normalized spacial score (nSPS) is 40.4. The number of carbonyl (C=O) groups excluding carboxylic acids is 1. The summed E-state index contributed by atoms with van der Waals surface area (Å²) in [6.45, 7) is 1.61. The van der Waals surface area contributed by atoms with Crippen molar-refractivity contribution in [2.75, 3.05) is 46.6 Å². The van der Waals surface area contributed by atoms with Crippen molar-refractivity contribution in [2.45, 2.75) is 75.5 Å². The van der Waals surface area contributed by atoms with E-state index in [4.69, 9.17) is 4.74 Å². The first kappa shape index (κ1) is 28.0. The van der Waals surface area contributed by atoms with E-state index in [9.17, 15) is 31.1 Å². The molecule has 7 nitrogen and oxygen atoms in total. The lowest BCUT2D eigenvalue weighted by Gasteiger charge is -2.52. The van der Waals surface area contributed by atoms with Gasteiger partial charge in [0.25, 0.3) is 0 Å². The van der Waals surface area contributed by atoms with Crippen LogP contribution in [0.25, 0.3) is 0 Å². The maximum absolute atomic E-state index is 14.2. The molecule has 4 saturated heterocycles. The summed E-state index contributed by atoms with van der Waals surface area (Å²) in [5.74, 6) is -4.66. The van der Waals surface area contributed by atoms with Crippen LogP contribution in [0.2, 0.25) is 0 Å². The molecule has 7 atom stereocenters. The van der Waals surface area contributed by atoms with Crippen molar-refractivity contribution in [1.82, 2.24) is 25.6 Å². The second kappa shape index (κ2) is 9.99. The lowest BCUT2D eigenvalue weighted by Crippen LogP contribution is -2.60. The Labute approximate surface area is 224 Å². The van der Waals surface area contributed by atoms with Crippen LogP contribution in [0.5, 0.6) is 0 Å². The number of halogens is 6. The predicted octanol–water partition coefficient (Wildman–Crippen LogP) is 3.18. The molecule has 222 valence electrons. The van der Waals surface area contributed by atoms with Gasteiger partial charge in [-0.15, -0.1) is 0 Å². The summed E-state index contributed by atoms with van der Waals surface area (Å²) in [6.07, 6.45) is -4.27. The van der Waals surface area contributed by atoms with Crippen molar-refractivity contribution < 1.29 is 35.9 Å². The Kier molecular flexibility index (Phi) is 7.17. The minimum Gasteiger partial charge on any atom is -0.380 e. The summed E-state index contributed by atoms with van der Waals surface area (Å²) >= 11 is 0. The molecule has 0 radical (unpaired) electrons. The monoisotopic (exact) mass is 567 g/mol. The van der Waals surface area contributed by atoms with Crippen molar-refractivity contribution in [3.63, 3.8) is 0 Å². The van der Waals surface area contributed by atoms with Crippen LogP contribution < -0.4 is 10.9 Å². The van der Waals surface area contributed by atoms with E-state index in [-0.39, 0.29) is 56.0 Å². The molecule has 13 heteroatoms. The fraction of sp³-hybridized carbons (Fsp3) is 0.962. The fourth-order valence-electron chi connectivity index (χ4n) is 8.39. The molecule has 4 heterocycles. The van der Waals surface area contributed by atoms with Gasteiger partial charge in [-0.3, -0.25) is 14.6 Å². The number of carbonyl (C=O) groups is 1. The Hall–Kier alpha value is -1.15. The molecule has 7 unspecified atom stereocenters. The van der Waals surface area contributed by atoms with Crippen LogP contribution in [-0.2, 0) is 9.53 Å². The third-order valence-corrected chi connectivity index (χ3v) is 10.9. The largest absolute Gasteiger partial charge is 0.394 e. The van der Waals surface area contributed by atoms with Gasteiger partial charge in [0.2, 0.25) is 5.91 Å². The number of hydrogen-bond donors (Lipinski definition) is 2. The topological polar surface area (TPSA) is 60.1 Å². The van der Waals surface area contributed by atoms with E-state index in [0.717, 1.165) is 38.8 Å². The number of nitrogens with zero attached hydrogens (tertiary/aromatic N) is 3. The van der Waals surface area contributed by atoms with Gasteiger partial charge in [0.1, 0.15) is 0 Å². The molecular weight excluding hydrogens is 528 g/mol. The summed E-state index contributed by atoms with van der Waals surface area (Å²) in [4.78, 5) is 19.1. The summed E-state index contributed by atoms with van der Waals surface area (Å²) in [6, 6.07) is -0.739. The minimum absolute atomic E-state index is 0.0156. The highest BCUT2D eigenvalue weighted by Crippen LogP contribution is 2.53. The zero-order valence-electron chi connectivity index (χ0n) is 22.2. The van der Waals surface area contributed by atoms with Crippen LogP contribution in [0, 0.1) is 35.0 Å². The van der Waals surface area contributed by atoms with E-state index >= 15 is 0 Å². The molecule has 0 aromatic heterocycles. The van der Waals surface area contributed by atoms with Gasteiger partial charge >= 0.3 is 12.4 Å². The van der Waals surface area contributed by atoms with E-state index < -0.39 is 42.1 Å². The van der Waals surface area contributed by atoms with Crippen LogP contribution in [0.4, 0.5) is 26.3 Å². The Morgan fingerprint density at radius 3 is 2.31 bits per heavy atom. The molecule has 6 aliphatic rings. The first-order valence-corrected chi connectivity index (χ1v) is 14.3. The highest BCUT2D eigenvalue weighted by atomic mass is 19.4. The van der Waals surface area contributed by atoms with Crippen molar-refractivity contribution >= 4 is 5.91 Å². The second-order valence-electron chi connectivity index (χ2n) is 13.1. The zero-order valence-corrected chi connectivity index (χ0v) is 22.2. The van der Waals surface area contributed by atoms with Crippen LogP contribution in [0.15, 0.2) is 0 Å². The molecule has 1 amide bonds. The molecule has 2 aliphatic carbocycles. The average molecular weight is 568 g/mol. The van der Waals surface area contributed by atoms with Crippen molar-refractivity contribution in [2.24, 2.45) is 35.0 Å². The Bertz CT molecular complexity index is 923. The molecule has 0 aromatic rings. The van der Waals surface area contributed by atoms with Crippen LogP contribution in [0.1, 0.15) is 44.9 Å². The molecule has 0 aromatic carbocycles. The van der Waals surface area contributed by atoms with Gasteiger partial charge in [0.15, 0.2) is 0 Å². The number of fused-ring (bicyclic) bond motifs is 1. The van der Waals surface area contributed by atoms with Crippen LogP contribution in [-0.4, -0.2) is 97.8 Å². The molecule has 2 saturated carbocycles. The summed E-state index contributed by atoms with van der Waals surface area (Å²) in [5, 5.41) is 0. The maximum atomic E-state index is 14.2. The smallest absolute Gasteiger partial charge is 0.380 e. The predicted molar refractivity (Wildman–Crippen MR) is 129 cm³/mol. The minimum atomic E-state index is -4.48. The van der Waals surface area contributed by atoms with Gasteiger partial charge in [-0.2, -0.15) is 26.3 Å². The van der Waals surface area contributed by atoms with E-state index in [1.54, 1.807) is 4.90 Å². The Morgan fingerprint density at radius 2 is 1.72 bits per heavy atom. The summed E-state index contributed by atoms with van der Waals surface area (Å²) in [7, 11) is 2.05. The summed E-state index contributed by atoms with van der Waals surface area (Å²) in [5.41, 5.74) is 6.46. The van der Waals surface area contributed by atoms with Crippen molar-refractivity contribution in [1.29, 1.82) is 0 Å². The van der Waals surface area contributed by atoms with Gasteiger partial charge in [-0.05, 0) is 57.4 Å². The Balaban J connectivity index is 1.15. The van der Waals surface area contributed by atoms with E-state index in [1.807, 2.05) is 7.05 Å². The molecule has 6 fully saturated rings. The van der Waals surface area contributed by atoms with Crippen molar-refractivity contribution in [3.8, 4) is 0 Å². The Morgan fingerprint density at radius 1 is 0.974 bits per heavy atom. The molecule has 39 heavy (non-hydrogen) atoms. The molecule has 0 spiro atoms. The SMILES string of the molecule is CN1CNNC1CC1(C2CCCC(N3CC4C(CC(N5CC(C(F)(F)F)C5)CC4C(F)(F)F)C3=O)C2)COC1. The number of alkyl halides is 6. The fourth-order valence-corrected chi connectivity index (χ4v) is 8.39. The number of nitrogens with one attached hydrogen (secondary N) is 2. The van der Waals surface area contributed by atoms with E-state index in [2.05, 4.69) is 15.8 Å². The number of amides is 1. The van der Waals surface area contributed by atoms with Gasteiger partial charge < -0.3 is 9.64 Å². The molecule has 0 bridgehead atoms. The van der Waals surface area contributed by atoms with E-state index in [1.165, 1.54) is 4.90 Å². The third kappa shape index (κ3) is 5.08. The summed E-state index contributed by atoms with van der Waals surface area (Å²) < 4.78 is 87.5. The number of hydrogen-bond acceptors (Lipinski definition) is 6. The highest BCUT2D eigenvalue weighted by Gasteiger charge is 2.60. The quantitative estimate of drug-likeness (QED) is 0.498. The number of ether oxygens (including phenoxy) is 1. The van der Waals surface area contributed by atoms with Crippen LogP contribution in [0.3, 0.4) is 0 Å². The lowest BCUT2D eigenvalue weighted by molar-refractivity contribution is -0.229. The molecule has 2 N–H and O–H groups in total. The first-order chi connectivity index (χ1) is 18.4. The standard InChI is InChI=1S/C26H39F6N5O2/c1-35-14-33-34-22(35)8-24(12-39-13-24)15-3-2-4-17(5-15)37-11-20-19(23(37)38)6-18(7-21(20)26(30,31)32)36-9-16(10-36)25(27,28)29/h15-22,33-34H,2-14H2,1H3. The highest BCUT2D eigenvalue weighted by molar-refractivity contribution is 5.82. The van der Waals surface area contributed by atoms with Gasteiger partial charge in [-0.25, -0.2) is 10.9 Å². The van der Waals surface area contributed by atoms with Gasteiger partial charge in [-0.1, -0.05) is 6.42 Å². The van der Waals surface area contributed by atoms with Crippen LogP contribution >= 0.6 is 0 Å². The number of likely N-dealkylation sites (tertiary alicyclic amines) is 2.